The zero-order chi connectivity index (χ0) is 19.4. The summed E-state index contributed by atoms with van der Waals surface area (Å²) >= 11 is 0. The normalized spacial score (nSPS) is 11.3. The molecule has 0 unspecified atom stereocenters. The van der Waals surface area contributed by atoms with Crippen LogP contribution >= 0.6 is 0 Å². The lowest BCUT2D eigenvalue weighted by Gasteiger charge is -2.11. The van der Waals surface area contributed by atoms with Crippen LogP contribution < -0.4 is 11.1 Å². The van der Waals surface area contributed by atoms with Gasteiger partial charge in [-0.2, -0.15) is 0 Å². The monoisotopic (exact) mass is 364 g/mol. The third kappa shape index (κ3) is 4.30. The summed E-state index contributed by atoms with van der Waals surface area (Å²) in [5.74, 6) is 0.375. The van der Waals surface area contributed by atoms with E-state index in [1.807, 2.05) is 47.0 Å². The van der Waals surface area contributed by atoms with Crippen LogP contribution in [0.5, 0.6) is 0 Å². The predicted molar refractivity (Wildman–Crippen MR) is 112 cm³/mol. The Labute approximate surface area is 160 Å². The van der Waals surface area contributed by atoms with Crippen molar-refractivity contribution < 1.29 is 4.79 Å². The molecule has 0 saturated carbocycles. The lowest BCUT2D eigenvalue weighted by molar-refractivity contribution is 0.102. The van der Waals surface area contributed by atoms with Crippen LogP contribution in [-0.4, -0.2) is 15.5 Å². The molecular weight excluding hydrogens is 336 g/mol. The summed E-state index contributed by atoms with van der Waals surface area (Å²) in [5.41, 5.74) is 10.4. The van der Waals surface area contributed by atoms with Crippen LogP contribution in [0.25, 0.3) is 11.0 Å². The minimum atomic E-state index is -0.113. The number of anilines is 2. The number of hydrogen-bond donors (Lipinski definition) is 2. The fourth-order valence-corrected chi connectivity index (χ4v) is 3.34. The summed E-state index contributed by atoms with van der Waals surface area (Å²) in [7, 11) is 0. The topological polar surface area (TPSA) is 72.9 Å². The number of rotatable bonds is 7. The minimum Gasteiger partial charge on any atom is -0.369 e. The summed E-state index contributed by atoms with van der Waals surface area (Å²) < 4.78 is 1.97. The van der Waals surface area contributed by atoms with Crippen molar-refractivity contribution >= 4 is 28.6 Å². The first-order valence-corrected chi connectivity index (χ1v) is 9.67. The SMILES string of the molecule is CCCCCc1ccc(C(=O)Nc2ccc3nc(N)n(C(C)C)c3c2)cc1. The quantitative estimate of drug-likeness (QED) is 0.567. The van der Waals surface area contributed by atoms with E-state index in [9.17, 15) is 4.79 Å². The first-order chi connectivity index (χ1) is 13.0. The smallest absolute Gasteiger partial charge is 0.255 e. The molecule has 0 bridgehead atoms. The molecule has 1 aromatic heterocycles. The van der Waals surface area contributed by atoms with Gasteiger partial charge in [0.25, 0.3) is 5.91 Å². The zero-order valence-corrected chi connectivity index (χ0v) is 16.3. The second kappa shape index (κ2) is 8.25. The van der Waals surface area contributed by atoms with E-state index in [0.29, 0.717) is 11.5 Å². The van der Waals surface area contributed by atoms with Crippen molar-refractivity contribution in [2.24, 2.45) is 0 Å². The number of aryl methyl sites for hydroxylation is 1. The maximum absolute atomic E-state index is 12.6. The van der Waals surface area contributed by atoms with Gasteiger partial charge in [-0.25, -0.2) is 4.98 Å². The Morgan fingerprint density at radius 2 is 1.89 bits per heavy atom. The number of fused-ring (bicyclic) bond motifs is 1. The summed E-state index contributed by atoms with van der Waals surface area (Å²) in [6, 6.07) is 13.7. The van der Waals surface area contributed by atoms with E-state index in [1.54, 1.807) is 0 Å². The van der Waals surface area contributed by atoms with Crippen LogP contribution in [0, 0.1) is 0 Å². The van der Waals surface area contributed by atoms with E-state index < -0.39 is 0 Å². The maximum Gasteiger partial charge on any atom is 0.255 e. The fourth-order valence-electron chi connectivity index (χ4n) is 3.34. The van der Waals surface area contributed by atoms with Crippen molar-refractivity contribution in [1.82, 2.24) is 9.55 Å². The number of hydrogen-bond acceptors (Lipinski definition) is 3. The van der Waals surface area contributed by atoms with E-state index in [-0.39, 0.29) is 11.9 Å². The highest BCUT2D eigenvalue weighted by Crippen LogP contribution is 2.25. The average Bonchev–Trinajstić information content (AvgIpc) is 2.97. The van der Waals surface area contributed by atoms with Crippen LogP contribution in [0.1, 0.15) is 62.0 Å². The van der Waals surface area contributed by atoms with Crippen molar-refractivity contribution in [2.75, 3.05) is 11.1 Å². The zero-order valence-electron chi connectivity index (χ0n) is 16.3. The van der Waals surface area contributed by atoms with E-state index >= 15 is 0 Å². The predicted octanol–water partition coefficient (Wildman–Crippen LogP) is 5.18. The van der Waals surface area contributed by atoms with Crippen molar-refractivity contribution in [3.63, 3.8) is 0 Å². The Bertz CT molecular complexity index is 925. The molecule has 2 aromatic carbocycles. The average molecular weight is 364 g/mol. The molecule has 5 nitrogen and oxygen atoms in total. The molecule has 0 fully saturated rings. The van der Waals surface area contributed by atoms with Gasteiger partial charge in [-0.1, -0.05) is 31.9 Å². The van der Waals surface area contributed by atoms with Gasteiger partial charge in [0.1, 0.15) is 0 Å². The van der Waals surface area contributed by atoms with Crippen LogP contribution in [0.4, 0.5) is 11.6 Å². The molecule has 142 valence electrons. The Kier molecular flexibility index (Phi) is 5.79. The summed E-state index contributed by atoms with van der Waals surface area (Å²) in [6.45, 7) is 6.32. The van der Waals surface area contributed by atoms with E-state index in [2.05, 4.69) is 31.1 Å². The van der Waals surface area contributed by atoms with Crippen LogP contribution in [0.3, 0.4) is 0 Å². The van der Waals surface area contributed by atoms with Gasteiger partial charge in [0.2, 0.25) is 5.95 Å². The highest BCUT2D eigenvalue weighted by molar-refractivity contribution is 6.05. The van der Waals surface area contributed by atoms with Gasteiger partial charge in [-0.15, -0.1) is 0 Å². The van der Waals surface area contributed by atoms with E-state index in [1.165, 1.54) is 24.8 Å². The first-order valence-electron chi connectivity index (χ1n) is 9.67. The summed E-state index contributed by atoms with van der Waals surface area (Å²) in [4.78, 5) is 17.0. The molecule has 3 N–H and O–H groups in total. The number of nitrogens with zero attached hydrogens (tertiary/aromatic N) is 2. The molecule has 1 amide bonds. The highest BCUT2D eigenvalue weighted by atomic mass is 16.1. The molecule has 0 aliphatic heterocycles. The highest BCUT2D eigenvalue weighted by Gasteiger charge is 2.13. The molecule has 0 spiro atoms. The number of nitrogens with two attached hydrogens (primary N) is 1. The molecule has 0 saturated heterocycles. The minimum absolute atomic E-state index is 0.113. The van der Waals surface area contributed by atoms with Crippen LogP contribution in [0.2, 0.25) is 0 Å². The van der Waals surface area contributed by atoms with Crippen LogP contribution in [0.15, 0.2) is 42.5 Å². The second-order valence-electron chi connectivity index (χ2n) is 7.25. The molecule has 1 heterocycles. The van der Waals surface area contributed by atoms with Crippen molar-refractivity contribution in [3.05, 3.63) is 53.6 Å². The fraction of sp³-hybridized carbons (Fsp3) is 0.364. The number of unbranched alkanes of at least 4 members (excludes halogenated alkanes) is 2. The Morgan fingerprint density at radius 1 is 1.15 bits per heavy atom. The lowest BCUT2D eigenvalue weighted by Crippen LogP contribution is -2.12. The maximum atomic E-state index is 12.6. The molecule has 0 aliphatic rings. The van der Waals surface area contributed by atoms with E-state index in [0.717, 1.165) is 23.1 Å². The van der Waals surface area contributed by atoms with Gasteiger partial charge in [0.15, 0.2) is 0 Å². The van der Waals surface area contributed by atoms with Crippen LogP contribution in [-0.2, 0) is 6.42 Å². The number of carbonyl (C=O) groups excluding carboxylic acids is 1. The molecule has 27 heavy (non-hydrogen) atoms. The van der Waals surface area contributed by atoms with Crippen molar-refractivity contribution in [2.45, 2.75) is 52.5 Å². The van der Waals surface area contributed by atoms with Gasteiger partial charge < -0.3 is 15.6 Å². The largest absolute Gasteiger partial charge is 0.369 e. The molecule has 0 atom stereocenters. The van der Waals surface area contributed by atoms with Crippen molar-refractivity contribution in [1.29, 1.82) is 0 Å². The lowest BCUT2D eigenvalue weighted by atomic mass is 10.1. The van der Waals surface area contributed by atoms with Gasteiger partial charge in [0, 0.05) is 17.3 Å². The third-order valence-electron chi connectivity index (χ3n) is 4.78. The Hall–Kier alpha value is -2.82. The number of aromatic nitrogens is 2. The third-order valence-corrected chi connectivity index (χ3v) is 4.78. The number of nitrogen functional groups attached to an aromatic ring is 1. The van der Waals surface area contributed by atoms with Crippen molar-refractivity contribution in [3.8, 4) is 0 Å². The molecule has 0 aliphatic carbocycles. The first kappa shape index (κ1) is 19.0. The number of benzene rings is 2. The Morgan fingerprint density at radius 3 is 2.56 bits per heavy atom. The summed E-state index contributed by atoms with van der Waals surface area (Å²) in [6.07, 6.45) is 4.70. The number of carbonyl (C=O) groups is 1. The van der Waals surface area contributed by atoms with E-state index in [4.69, 9.17) is 5.73 Å². The Balaban J connectivity index is 1.74. The molecule has 3 aromatic rings. The number of nitrogens with one attached hydrogen (secondary N) is 1. The molecule has 3 rings (SSSR count). The molecule has 5 heteroatoms. The standard InChI is InChI=1S/C22H28N4O/c1-4-5-6-7-16-8-10-17(11-9-16)21(27)24-18-12-13-19-20(14-18)26(15(2)3)22(23)25-19/h8-15H,4-7H2,1-3H3,(H2,23,25)(H,24,27). The van der Waals surface area contributed by atoms with Gasteiger partial charge in [-0.05, 0) is 62.6 Å². The number of amides is 1. The molecular formula is C22H28N4O. The summed E-state index contributed by atoms with van der Waals surface area (Å²) in [5, 5.41) is 2.98. The van der Waals surface area contributed by atoms with Gasteiger partial charge >= 0.3 is 0 Å². The second-order valence-corrected chi connectivity index (χ2v) is 7.25. The molecule has 0 radical (unpaired) electrons. The number of imidazole rings is 1. The van der Waals surface area contributed by atoms with Gasteiger partial charge in [0.05, 0.1) is 11.0 Å². The van der Waals surface area contributed by atoms with Gasteiger partial charge in [-0.3, -0.25) is 4.79 Å².